The molecule has 180 valence electrons. The van der Waals surface area contributed by atoms with Crippen molar-refractivity contribution in [3.05, 3.63) is 90.1 Å². The van der Waals surface area contributed by atoms with Crippen LogP contribution in [0.4, 0.5) is 27.4 Å². The number of halogens is 1. The molecule has 0 aliphatic rings. The fourth-order valence-corrected chi connectivity index (χ4v) is 3.36. The number of aryl methyl sites for hydroxylation is 1. The summed E-state index contributed by atoms with van der Waals surface area (Å²) in [5.41, 5.74) is 3.06. The average Bonchev–Trinajstić information content (AvgIpc) is 2.87. The third-order valence-electron chi connectivity index (χ3n) is 5.10. The van der Waals surface area contributed by atoms with Crippen molar-refractivity contribution in [2.24, 2.45) is 0 Å². The Morgan fingerprint density at radius 1 is 0.917 bits per heavy atom. The lowest BCUT2D eigenvalue weighted by Gasteiger charge is -2.13. The number of ketones is 1. The van der Waals surface area contributed by atoms with Crippen molar-refractivity contribution in [3.63, 3.8) is 0 Å². The van der Waals surface area contributed by atoms with Crippen molar-refractivity contribution >= 4 is 40.6 Å². The molecule has 2 heterocycles. The van der Waals surface area contributed by atoms with Gasteiger partial charge in [0.25, 0.3) is 11.7 Å². The molecule has 0 aliphatic heterocycles. The summed E-state index contributed by atoms with van der Waals surface area (Å²) in [7, 11) is 0. The summed E-state index contributed by atoms with van der Waals surface area (Å²) < 4.78 is 13.8. The molecule has 9 nitrogen and oxygen atoms in total. The van der Waals surface area contributed by atoms with Crippen LogP contribution in [0.25, 0.3) is 11.3 Å². The highest BCUT2D eigenvalue weighted by molar-refractivity contribution is 6.47. The first-order valence-electron chi connectivity index (χ1n) is 10.8. The molecule has 0 unspecified atom stereocenters. The number of aromatic nitrogens is 3. The second kappa shape index (κ2) is 10.5. The molecule has 0 spiro atoms. The summed E-state index contributed by atoms with van der Waals surface area (Å²) in [6, 6.07) is 13.7. The van der Waals surface area contributed by atoms with E-state index in [1.54, 1.807) is 42.9 Å². The molecule has 0 atom stereocenters. The van der Waals surface area contributed by atoms with E-state index in [4.69, 9.17) is 0 Å². The first-order chi connectivity index (χ1) is 17.3. The quantitative estimate of drug-likeness (QED) is 0.260. The molecule has 36 heavy (non-hydrogen) atoms. The predicted molar refractivity (Wildman–Crippen MR) is 133 cm³/mol. The third-order valence-corrected chi connectivity index (χ3v) is 5.10. The molecule has 10 heteroatoms. The number of nitrogens with zero attached hydrogens (tertiary/aromatic N) is 3. The van der Waals surface area contributed by atoms with Crippen LogP contribution < -0.4 is 16.0 Å². The molecule has 0 fully saturated rings. The maximum Gasteiger partial charge on any atom is 0.296 e. The van der Waals surface area contributed by atoms with Gasteiger partial charge in [0.05, 0.1) is 16.9 Å². The van der Waals surface area contributed by atoms with Crippen LogP contribution in [0.2, 0.25) is 0 Å². The second-order valence-electron chi connectivity index (χ2n) is 7.82. The lowest BCUT2D eigenvalue weighted by molar-refractivity contribution is -0.114. The number of anilines is 4. The maximum absolute atomic E-state index is 13.8. The van der Waals surface area contributed by atoms with Gasteiger partial charge in [0, 0.05) is 42.5 Å². The van der Waals surface area contributed by atoms with E-state index < -0.39 is 23.4 Å². The van der Waals surface area contributed by atoms with Gasteiger partial charge in [-0.25, -0.2) is 14.4 Å². The van der Waals surface area contributed by atoms with E-state index in [9.17, 15) is 18.8 Å². The van der Waals surface area contributed by atoms with Crippen LogP contribution in [0.1, 0.15) is 22.8 Å². The van der Waals surface area contributed by atoms with E-state index in [0.29, 0.717) is 23.0 Å². The van der Waals surface area contributed by atoms with Crippen LogP contribution in [0, 0.1) is 12.7 Å². The lowest BCUT2D eigenvalue weighted by atomic mass is 10.1. The Balaban J connectivity index is 1.54. The van der Waals surface area contributed by atoms with Gasteiger partial charge in [-0.15, -0.1) is 0 Å². The van der Waals surface area contributed by atoms with E-state index in [0.717, 1.165) is 23.3 Å². The number of pyridine rings is 1. The van der Waals surface area contributed by atoms with Gasteiger partial charge in [-0.2, -0.15) is 0 Å². The first-order valence-corrected chi connectivity index (χ1v) is 10.8. The van der Waals surface area contributed by atoms with Crippen LogP contribution in [0.5, 0.6) is 0 Å². The van der Waals surface area contributed by atoms with Crippen molar-refractivity contribution in [1.82, 2.24) is 15.0 Å². The van der Waals surface area contributed by atoms with Crippen LogP contribution in [-0.4, -0.2) is 32.5 Å². The molecule has 0 saturated heterocycles. The SMILES string of the molecule is CC(=O)Nc1ccc(F)cc1C(=O)C(=O)Nc1ccc(C)c(Nc2nccc(-c3cccnc3)n2)c1. The minimum absolute atomic E-state index is 0.0426. The van der Waals surface area contributed by atoms with Gasteiger partial charge < -0.3 is 16.0 Å². The van der Waals surface area contributed by atoms with Gasteiger partial charge in [-0.1, -0.05) is 6.07 Å². The lowest BCUT2D eigenvalue weighted by Crippen LogP contribution is -2.24. The normalized spacial score (nSPS) is 10.4. The Hall–Kier alpha value is -4.99. The maximum atomic E-state index is 13.8. The van der Waals surface area contributed by atoms with Crippen LogP contribution >= 0.6 is 0 Å². The zero-order valence-electron chi connectivity index (χ0n) is 19.4. The Morgan fingerprint density at radius 2 is 1.75 bits per heavy atom. The highest BCUT2D eigenvalue weighted by atomic mass is 19.1. The number of hydrogen-bond acceptors (Lipinski definition) is 7. The molecule has 4 aromatic rings. The second-order valence-corrected chi connectivity index (χ2v) is 7.82. The molecule has 0 aliphatic carbocycles. The van der Waals surface area contributed by atoms with E-state index in [2.05, 4.69) is 30.9 Å². The molecule has 4 rings (SSSR count). The standard InChI is InChI=1S/C26H21FN6O3/c1-15-5-7-19(31-25(36)24(35)20-12-18(27)6-8-22(20)30-16(2)34)13-23(15)33-26-29-11-9-21(32-26)17-4-3-10-28-14-17/h3-14H,1-2H3,(H,30,34)(H,31,36)(H,29,32,33). The Labute approximate surface area is 205 Å². The fraction of sp³-hybridized carbons (Fsp3) is 0.0769. The van der Waals surface area contributed by atoms with Gasteiger partial charge >= 0.3 is 0 Å². The molecule has 0 bridgehead atoms. The Bertz CT molecular complexity index is 1460. The highest BCUT2D eigenvalue weighted by Gasteiger charge is 2.21. The smallest absolute Gasteiger partial charge is 0.296 e. The summed E-state index contributed by atoms with van der Waals surface area (Å²) in [6.07, 6.45) is 4.98. The average molecular weight is 484 g/mol. The number of hydrogen-bond donors (Lipinski definition) is 3. The number of rotatable bonds is 7. The molecule has 2 aromatic carbocycles. The fourth-order valence-electron chi connectivity index (χ4n) is 3.36. The van der Waals surface area contributed by atoms with Crippen LogP contribution in [-0.2, 0) is 9.59 Å². The Morgan fingerprint density at radius 3 is 2.50 bits per heavy atom. The topological polar surface area (TPSA) is 126 Å². The van der Waals surface area contributed by atoms with Gasteiger partial charge in [-0.3, -0.25) is 19.4 Å². The van der Waals surface area contributed by atoms with Gasteiger partial charge in [0.2, 0.25) is 11.9 Å². The van der Waals surface area contributed by atoms with Gasteiger partial charge in [0.15, 0.2) is 0 Å². The number of amides is 2. The summed E-state index contributed by atoms with van der Waals surface area (Å²) in [5, 5.41) is 8.06. The largest absolute Gasteiger partial charge is 0.326 e. The molecule has 3 N–H and O–H groups in total. The van der Waals surface area contributed by atoms with Crippen molar-refractivity contribution in [2.75, 3.05) is 16.0 Å². The van der Waals surface area contributed by atoms with Crippen molar-refractivity contribution in [1.29, 1.82) is 0 Å². The molecule has 0 saturated carbocycles. The minimum Gasteiger partial charge on any atom is -0.326 e. The summed E-state index contributed by atoms with van der Waals surface area (Å²) in [6.45, 7) is 3.10. The van der Waals surface area contributed by atoms with Crippen molar-refractivity contribution < 1.29 is 18.8 Å². The van der Waals surface area contributed by atoms with Gasteiger partial charge in [0.1, 0.15) is 5.82 Å². The zero-order valence-corrected chi connectivity index (χ0v) is 19.4. The number of carbonyl (C=O) groups excluding carboxylic acids is 3. The number of carbonyl (C=O) groups is 3. The van der Waals surface area contributed by atoms with E-state index in [1.165, 1.54) is 13.0 Å². The number of Topliss-reactive ketones (excluding diaryl/α,β-unsaturated/α-hetero) is 1. The van der Waals surface area contributed by atoms with Crippen LogP contribution in [0.3, 0.4) is 0 Å². The molecular formula is C26H21FN6O3. The molecule has 2 amide bonds. The Kier molecular flexibility index (Phi) is 7.05. The van der Waals surface area contributed by atoms with Crippen molar-refractivity contribution in [2.45, 2.75) is 13.8 Å². The third kappa shape index (κ3) is 5.73. The van der Waals surface area contributed by atoms with Crippen LogP contribution in [0.15, 0.2) is 73.2 Å². The van der Waals surface area contributed by atoms with E-state index in [1.807, 2.05) is 19.1 Å². The first kappa shape index (κ1) is 24.1. The van der Waals surface area contributed by atoms with E-state index >= 15 is 0 Å². The number of benzene rings is 2. The predicted octanol–water partition coefficient (Wildman–Crippen LogP) is 4.51. The molecule has 2 aromatic heterocycles. The van der Waals surface area contributed by atoms with Gasteiger partial charge in [-0.05, 0) is 61.0 Å². The monoisotopic (exact) mass is 484 g/mol. The minimum atomic E-state index is -0.999. The summed E-state index contributed by atoms with van der Waals surface area (Å²) >= 11 is 0. The highest BCUT2D eigenvalue weighted by Crippen LogP contribution is 2.25. The van der Waals surface area contributed by atoms with Crippen molar-refractivity contribution in [3.8, 4) is 11.3 Å². The van der Waals surface area contributed by atoms with E-state index in [-0.39, 0.29) is 11.3 Å². The summed E-state index contributed by atoms with van der Waals surface area (Å²) in [5.74, 6) is -2.83. The zero-order chi connectivity index (χ0) is 25.7. The number of nitrogens with one attached hydrogen (secondary N) is 3. The molecular weight excluding hydrogens is 463 g/mol. The molecule has 0 radical (unpaired) electrons. The summed E-state index contributed by atoms with van der Waals surface area (Å²) in [4.78, 5) is 49.7.